The van der Waals surface area contributed by atoms with E-state index in [1.165, 1.54) is 30.1 Å². The lowest BCUT2D eigenvalue weighted by molar-refractivity contribution is 0.0465. The van der Waals surface area contributed by atoms with E-state index in [0.717, 1.165) is 10.6 Å². The minimum atomic E-state index is -0.495. The molecular formula is C21H20ClNO3S. The van der Waals surface area contributed by atoms with Gasteiger partial charge in [0.25, 0.3) is 0 Å². The highest BCUT2D eigenvalue weighted by Crippen LogP contribution is 2.27. The fourth-order valence-electron chi connectivity index (χ4n) is 2.57. The van der Waals surface area contributed by atoms with Crippen LogP contribution in [-0.2, 0) is 11.3 Å². The largest absolute Gasteiger partial charge is 0.496 e. The topological polar surface area (TPSA) is 48.4 Å². The van der Waals surface area contributed by atoms with Gasteiger partial charge >= 0.3 is 5.97 Å². The lowest BCUT2D eigenvalue weighted by Crippen LogP contribution is -2.07. The van der Waals surface area contributed by atoms with Gasteiger partial charge in [0.2, 0.25) is 0 Å². The van der Waals surface area contributed by atoms with E-state index in [2.05, 4.69) is 43.1 Å². The number of carbonyl (C=O) groups excluding carboxylic acids is 1. The Morgan fingerprint density at radius 2 is 1.93 bits per heavy atom. The molecule has 0 spiro atoms. The second-order valence-electron chi connectivity index (χ2n) is 6.34. The first-order valence-corrected chi connectivity index (χ1v) is 9.79. The molecule has 1 heterocycles. The molecule has 0 saturated carbocycles. The van der Waals surface area contributed by atoms with Crippen LogP contribution in [0, 0.1) is 0 Å². The molecule has 6 heteroatoms. The zero-order valence-corrected chi connectivity index (χ0v) is 16.9. The van der Waals surface area contributed by atoms with E-state index in [1.54, 1.807) is 12.1 Å². The third-order valence-corrected chi connectivity index (χ3v) is 5.28. The van der Waals surface area contributed by atoms with Crippen molar-refractivity contribution in [2.24, 2.45) is 0 Å². The molecule has 0 fully saturated rings. The van der Waals surface area contributed by atoms with Crippen LogP contribution in [0.2, 0.25) is 5.02 Å². The molecule has 0 bridgehead atoms. The lowest BCUT2D eigenvalue weighted by Gasteiger charge is -2.08. The van der Waals surface area contributed by atoms with Crippen molar-refractivity contribution in [2.75, 3.05) is 7.11 Å². The van der Waals surface area contributed by atoms with Gasteiger partial charge in [0.1, 0.15) is 22.9 Å². The molecule has 1 aromatic heterocycles. The molecule has 2 aromatic carbocycles. The van der Waals surface area contributed by atoms with E-state index in [1.807, 2.05) is 5.38 Å². The summed E-state index contributed by atoms with van der Waals surface area (Å²) in [6, 6.07) is 13.2. The predicted molar refractivity (Wildman–Crippen MR) is 109 cm³/mol. The lowest BCUT2D eigenvalue weighted by atomic mass is 10.0. The molecule has 3 rings (SSSR count). The maximum absolute atomic E-state index is 12.3. The molecule has 27 heavy (non-hydrogen) atoms. The zero-order chi connectivity index (χ0) is 19.4. The third-order valence-electron chi connectivity index (χ3n) is 4.11. The van der Waals surface area contributed by atoms with Crippen LogP contribution < -0.4 is 4.74 Å². The van der Waals surface area contributed by atoms with Gasteiger partial charge in [-0.05, 0) is 29.7 Å². The van der Waals surface area contributed by atoms with Gasteiger partial charge in [-0.15, -0.1) is 11.3 Å². The number of benzene rings is 2. The molecule has 0 aliphatic carbocycles. The summed E-state index contributed by atoms with van der Waals surface area (Å²) in [6.45, 7) is 4.43. The molecule has 140 valence electrons. The maximum atomic E-state index is 12.3. The normalized spacial score (nSPS) is 10.9. The predicted octanol–water partition coefficient (Wildman–Crippen LogP) is 5.95. The zero-order valence-electron chi connectivity index (χ0n) is 15.4. The van der Waals surface area contributed by atoms with E-state index in [9.17, 15) is 4.79 Å². The van der Waals surface area contributed by atoms with Crippen LogP contribution in [0.1, 0.15) is 41.4 Å². The molecule has 0 unspecified atom stereocenters. The number of carbonyl (C=O) groups is 1. The standard InChI is InChI=1S/C21H20ClNO3S/c1-13(2)14-4-6-15(7-5-14)20-23-17(12-27-20)11-26-21(24)18-10-16(22)8-9-19(18)25-3/h4-10,12-13H,11H2,1-3H3. The number of methoxy groups -OCH3 is 1. The Labute approximate surface area is 167 Å². The number of thiazole rings is 1. The summed E-state index contributed by atoms with van der Waals surface area (Å²) < 4.78 is 10.6. The minimum Gasteiger partial charge on any atom is -0.496 e. The molecule has 3 aromatic rings. The number of esters is 1. The fraction of sp³-hybridized carbons (Fsp3) is 0.238. The van der Waals surface area contributed by atoms with Crippen LogP contribution in [0.3, 0.4) is 0 Å². The monoisotopic (exact) mass is 401 g/mol. The minimum absolute atomic E-state index is 0.0923. The summed E-state index contributed by atoms with van der Waals surface area (Å²) in [5.41, 5.74) is 3.35. The smallest absolute Gasteiger partial charge is 0.342 e. The molecule has 4 nitrogen and oxygen atoms in total. The van der Waals surface area contributed by atoms with Crippen LogP contribution >= 0.6 is 22.9 Å². The SMILES string of the molecule is COc1ccc(Cl)cc1C(=O)OCc1csc(-c2ccc(C(C)C)cc2)n1. The number of hydrogen-bond donors (Lipinski definition) is 0. The highest BCUT2D eigenvalue weighted by molar-refractivity contribution is 7.13. The van der Waals surface area contributed by atoms with E-state index < -0.39 is 5.97 Å². The van der Waals surface area contributed by atoms with Crippen molar-refractivity contribution >= 4 is 28.9 Å². The average molecular weight is 402 g/mol. The van der Waals surface area contributed by atoms with Crippen molar-refractivity contribution in [1.29, 1.82) is 0 Å². The first kappa shape index (κ1) is 19.4. The van der Waals surface area contributed by atoms with Crippen LogP contribution in [-0.4, -0.2) is 18.1 Å². The Balaban J connectivity index is 1.68. The van der Waals surface area contributed by atoms with Gasteiger partial charge in [0.15, 0.2) is 0 Å². The highest BCUT2D eigenvalue weighted by Gasteiger charge is 2.15. The Morgan fingerprint density at radius 3 is 2.59 bits per heavy atom. The fourth-order valence-corrected chi connectivity index (χ4v) is 3.56. The summed E-state index contributed by atoms with van der Waals surface area (Å²) in [5, 5.41) is 3.24. The summed E-state index contributed by atoms with van der Waals surface area (Å²) >= 11 is 7.49. The first-order valence-electron chi connectivity index (χ1n) is 8.53. The third kappa shape index (κ3) is 4.67. The van der Waals surface area contributed by atoms with Crippen molar-refractivity contribution in [3.63, 3.8) is 0 Å². The van der Waals surface area contributed by atoms with Crippen molar-refractivity contribution in [1.82, 2.24) is 4.98 Å². The highest BCUT2D eigenvalue weighted by atomic mass is 35.5. The molecule has 0 atom stereocenters. The Hall–Kier alpha value is -2.37. The Bertz CT molecular complexity index is 935. The van der Waals surface area contributed by atoms with Crippen LogP contribution in [0.5, 0.6) is 5.75 Å². The van der Waals surface area contributed by atoms with Crippen LogP contribution in [0.25, 0.3) is 10.6 Å². The van der Waals surface area contributed by atoms with Gasteiger partial charge in [0, 0.05) is 16.0 Å². The van der Waals surface area contributed by atoms with E-state index >= 15 is 0 Å². The first-order chi connectivity index (χ1) is 13.0. The van der Waals surface area contributed by atoms with Gasteiger partial charge in [-0.2, -0.15) is 0 Å². The van der Waals surface area contributed by atoms with Gasteiger partial charge in [-0.25, -0.2) is 9.78 Å². The summed E-state index contributed by atoms with van der Waals surface area (Å²) in [7, 11) is 1.50. The number of halogens is 1. The molecule has 0 amide bonds. The van der Waals surface area contributed by atoms with Gasteiger partial charge in [-0.3, -0.25) is 0 Å². The van der Waals surface area contributed by atoms with Crippen molar-refractivity contribution in [3.8, 4) is 16.3 Å². The molecule has 0 aliphatic heterocycles. The van der Waals surface area contributed by atoms with Gasteiger partial charge < -0.3 is 9.47 Å². The number of nitrogens with zero attached hydrogens (tertiary/aromatic N) is 1. The van der Waals surface area contributed by atoms with E-state index in [4.69, 9.17) is 21.1 Å². The maximum Gasteiger partial charge on any atom is 0.342 e. The Morgan fingerprint density at radius 1 is 1.19 bits per heavy atom. The number of aromatic nitrogens is 1. The van der Waals surface area contributed by atoms with Crippen LogP contribution in [0.15, 0.2) is 47.8 Å². The second-order valence-corrected chi connectivity index (χ2v) is 7.64. The molecule has 0 N–H and O–H groups in total. The van der Waals surface area contributed by atoms with Crippen molar-refractivity contribution in [3.05, 3.63) is 69.7 Å². The van der Waals surface area contributed by atoms with Crippen molar-refractivity contribution in [2.45, 2.75) is 26.4 Å². The van der Waals surface area contributed by atoms with E-state index in [0.29, 0.717) is 27.9 Å². The summed E-state index contributed by atoms with van der Waals surface area (Å²) in [5.74, 6) is 0.424. The molecular weight excluding hydrogens is 382 g/mol. The number of hydrogen-bond acceptors (Lipinski definition) is 5. The summed E-state index contributed by atoms with van der Waals surface area (Å²) in [6.07, 6.45) is 0. The average Bonchev–Trinajstić information content (AvgIpc) is 3.15. The van der Waals surface area contributed by atoms with Gasteiger partial charge in [0.05, 0.1) is 12.8 Å². The van der Waals surface area contributed by atoms with Gasteiger partial charge in [-0.1, -0.05) is 49.7 Å². The Kier molecular flexibility index (Phi) is 6.14. The molecule has 0 saturated heterocycles. The number of rotatable bonds is 6. The van der Waals surface area contributed by atoms with Crippen molar-refractivity contribution < 1.29 is 14.3 Å². The quantitative estimate of drug-likeness (QED) is 0.478. The number of ether oxygens (including phenoxy) is 2. The summed E-state index contributed by atoms with van der Waals surface area (Å²) in [4.78, 5) is 16.9. The second kappa shape index (κ2) is 8.55. The van der Waals surface area contributed by atoms with E-state index in [-0.39, 0.29) is 6.61 Å². The van der Waals surface area contributed by atoms with Crippen LogP contribution in [0.4, 0.5) is 0 Å². The molecule has 0 radical (unpaired) electrons. The molecule has 0 aliphatic rings.